The molecule has 3 aromatic rings. The van der Waals surface area contributed by atoms with Crippen LogP contribution in [0.15, 0.2) is 48.9 Å². The fourth-order valence-corrected chi connectivity index (χ4v) is 3.16. The van der Waals surface area contributed by atoms with E-state index >= 15 is 0 Å². The fourth-order valence-electron chi connectivity index (χ4n) is 3.16. The number of benzene rings is 1. The van der Waals surface area contributed by atoms with Gasteiger partial charge in [-0.05, 0) is 5.56 Å². The van der Waals surface area contributed by atoms with Gasteiger partial charge in [-0.3, -0.25) is 9.78 Å². The maximum absolute atomic E-state index is 12.2. The number of hydrogen-bond donors (Lipinski definition) is 2. The lowest BCUT2D eigenvalue weighted by Crippen LogP contribution is -2.32. The highest BCUT2D eigenvalue weighted by molar-refractivity contribution is 5.79. The van der Waals surface area contributed by atoms with Crippen molar-refractivity contribution >= 4 is 17.1 Å². The molecule has 4 rings (SSSR count). The quantitative estimate of drug-likeness (QED) is 0.752. The summed E-state index contributed by atoms with van der Waals surface area (Å²) in [6.07, 6.45) is 5.84. The van der Waals surface area contributed by atoms with E-state index in [9.17, 15) is 4.79 Å². The van der Waals surface area contributed by atoms with Crippen LogP contribution in [0.1, 0.15) is 17.5 Å². The third-order valence-electron chi connectivity index (χ3n) is 4.40. The topological polar surface area (TPSA) is 73.9 Å². The second kappa shape index (κ2) is 6.41. The lowest BCUT2D eigenvalue weighted by atomic mass is 10.2. The Kier molecular flexibility index (Phi) is 3.96. The first-order valence-corrected chi connectivity index (χ1v) is 8.11. The molecule has 6 heteroatoms. The number of carbonyl (C=O) groups excluding carboxylic acids is 1. The Morgan fingerprint density at radius 3 is 2.92 bits per heavy atom. The van der Waals surface area contributed by atoms with Crippen LogP contribution in [0.4, 0.5) is 0 Å². The first-order chi connectivity index (χ1) is 11.8. The second-order valence-electron chi connectivity index (χ2n) is 6.11. The number of carbonyl (C=O) groups is 1. The molecule has 1 aliphatic rings. The number of H-pyrrole nitrogens is 1. The van der Waals surface area contributed by atoms with Crippen molar-refractivity contribution in [2.75, 3.05) is 6.54 Å². The Morgan fingerprint density at radius 2 is 2.04 bits per heavy atom. The fraction of sp³-hybridized carbons (Fsp3) is 0.278. The Labute approximate surface area is 139 Å². The third kappa shape index (κ3) is 3.00. The summed E-state index contributed by atoms with van der Waals surface area (Å²) in [7, 11) is 0. The number of likely N-dealkylation sites (tertiary alicyclic amines) is 1. The molecule has 0 aliphatic carbocycles. The first-order valence-electron chi connectivity index (χ1n) is 8.11. The van der Waals surface area contributed by atoms with Gasteiger partial charge >= 0.3 is 0 Å². The van der Waals surface area contributed by atoms with Crippen LogP contribution in [0.2, 0.25) is 0 Å². The molecule has 1 unspecified atom stereocenters. The van der Waals surface area contributed by atoms with Crippen molar-refractivity contribution in [1.29, 1.82) is 0 Å². The van der Waals surface area contributed by atoms with E-state index in [0.29, 0.717) is 19.5 Å². The summed E-state index contributed by atoms with van der Waals surface area (Å²) in [6, 6.07) is 10.3. The van der Waals surface area contributed by atoms with Gasteiger partial charge in [0.15, 0.2) is 5.65 Å². The summed E-state index contributed by atoms with van der Waals surface area (Å²) in [5.74, 6) is 0.204. The monoisotopic (exact) mass is 321 g/mol. The van der Waals surface area contributed by atoms with Gasteiger partial charge < -0.3 is 15.2 Å². The van der Waals surface area contributed by atoms with Crippen LogP contribution in [-0.2, 0) is 17.9 Å². The number of nitrogens with one attached hydrogen (secondary N) is 2. The number of aromatic amines is 1. The average Bonchev–Trinajstić information content (AvgIpc) is 3.18. The molecular formula is C18H19N5O. The number of aromatic nitrogens is 3. The van der Waals surface area contributed by atoms with Crippen molar-refractivity contribution in [3.05, 3.63) is 60.0 Å². The summed E-state index contributed by atoms with van der Waals surface area (Å²) < 4.78 is 0. The van der Waals surface area contributed by atoms with E-state index < -0.39 is 0 Å². The predicted molar refractivity (Wildman–Crippen MR) is 91.0 cm³/mol. The van der Waals surface area contributed by atoms with Crippen LogP contribution in [0.3, 0.4) is 0 Å². The number of rotatable bonds is 5. The third-order valence-corrected chi connectivity index (χ3v) is 4.40. The van der Waals surface area contributed by atoms with Gasteiger partial charge in [0.25, 0.3) is 0 Å². The van der Waals surface area contributed by atoms with E-state index in [-0.39, 0.29) is 11.9 Å². The highest BCUT2D eigenvalue weighted by Crippen LogP contribution is 2.17. The molecule has 1 aliphatic heterocycles. The molecule has 0 saturated carbocycles. The van der Waals surface area contributed by atoms with E-state index in [1.165, 1.54) is 5.56 Å². The molecule has 1 aromatic carbocycles. The van der Waals surface area contributed by atoms with Crippen LogP contribution in [0.25, 0.3) is 11.2 Å². The zero-order chi connectivity index (χ0) is 16.4. The number of amides is 1. The summed E-state index contributed by atoms with van der Waals surface area (Å²) >= 11 is 0. The van der Waals surface area contributed by atoms with Gasteiger partial charge in [-0.25, -0.2) is 4.98 Å². The number of hydrogen-bond acceptors (Lipinski definition) is 4. The van der Waals surface area contributed by atoms with Gasteiger partial charge in [0.1, 0.15) is 5.52 Å². The lowest BCUT2D eigenvalue weighted by molar-refractivity contribution is -0.128. The maximum atomic E-state index is 12.2. The van der Waals surface area contributed by atoms with Gasteiger partial charge in [0.05, 0.1) is 0 Å². The molecule has 0 spiro atoms. The Balaban J connectivity index is 1.37. The van der Waals surface area contributed by atoms with Crippen molar-refractivity contribution in [1.82, 2.24) is 25.2 Å². The summed E-state index contributed by atoms with van der Waals surface area (Å²) in [5.41, 5.74) is 3.92. The molecular weight excluding hydrogens is 302 g/mol. The summed E-state index contributed by atoms with van der Waals surface area (Å²) in [6.45, 7) is 2.09. The van der Waals surface area contributed by atoms with Crippen molar-refractivity contribution in [2.24, 2.45) is 0 Å². The standard InChI is InChI=1S/C18H19N5O/c24-16-8-15(12-23(16)11-13-4-2-1-3-5-13)21-9-14-10-22-18-17(14)19-6-7-20-18/h1-7,10,15,21H,8-9,11-12H2,(H,20,22). The minimum Gasteiger partial charge on any atom is -0.344 e. The maximum Gasteiger partial charge on any atom is 0.224 e. The molecule has 0 bridgehead atoms. The van der Waals surface area contributed by atoms with Crippen molar-refractivity contribution < 1.29 is 4.79 Å². The molecule has 1 fully saturated rings. The van der Waals surface area contributed by atoms with E-state index in [1.807, 2.05) is 29.3 Å². The van der Waals surface area contributed by atoms with Crippen LogP contribution in [0.5, 0.6) is 0 Å². The van der Waals surface area contributed by atoms with E-state index in [0.717, 1.165) is 23.3 Å². The Hall–Kier alpha value is -2.73. The highest BCUT2D eigenvalue weighted by Gasteiger charge is 2.29. The van der Waals surface area contributed by atoms with Crippen LogP contribution in [-0.4, -0.2) is 38.3 Å². The van der Waals surface area contributed by atoms with Crippen molar-refractivity contribution in [3.8, 4) is 0 Å². The molecule has 24 heavy (non-hydrogen) atoms. The number of nitrogens with zero attached hydrogens (tertiary/aromatic N) is 3. The van der Waals surface area contributed by atoms with Gasteiger partial charge in [-0.2, -0.15) is 0 Å². The second-order valence-corrected chi connectivity index (χ2v) is 6.11. The van der Waals surface area contributed by atoms with E-state index in [2.05, 4.69) is 32.4 Å². The molecule has 1 atom stereocenters. The highest BCUT2D eigenvalue weighted by atomic mass is 16.2. The van der Waals surface area contributed by atoms with Crippen LogP contribution >= 0.6 is 0 Å². The number of fused-ring (bicyclic) bond motifs is 1. The van der Waals surface area contributed by atoms with Crippen LogP contribution < -0.4 is 5.32 Å². The Bertz CT molecular complexity index is 845. The molecule has 2 N–H and O–H groups in total. The smallest absolute Gasteiger partial charge is 0.224 e. The molecule has 3 heterocycles. The van der Waals surface area contributed by atoms with Crippen molar-refractivity contribution in [3.63, 3.8) is 0 Å². The minimum atomic E-state index is 0.169. The average molecular weight is 321 g/mol. The van der Waals surface area contributed by atoms with E-state index in [1.54, 1.807) is 12.4 Å². The molecule has 2 aromatic heterocycles. The van der Waals surface area contributed by atoms with Gasteiger partial charge in [-0.1, -0.05) is 30.3 Å². The van der Waals surface area contributed by atoms with Crippen LogP contribution in [0, 0.1) is 0 Å². The van der Waals surface area contributed by atoms with Gasteiger partial charge in [0, 0.05) is 56.3 Å². The predicted octanol–water partition coefficient (Wildman–Crippen LogP) is 1.85. The first kappa shape index (κ1) is 14.8. The molecule has 6 nitrogen and oxygen atoms in total. The molecule has 1 amide bonds. The molecule has 0 radical (unpaired) electrons. The zero-order valence-electron chi connectivity index (χ0n) is 13.3. The van der Waals surface area contributed by atoms with Gasteiger partial charge in [-0.15, -0.1) is 0 Å². The SMILES string of the molecule is O=C1CC(NCc2c[nH]c3nccnc23)CN1Cc1ccccc1. The summed E-state index contributed by atoms with van der Waals surface area (Å²) in [5, 5.41) is 3.47. The molecule has 122 valence electrons. The minimum absolute atomic E-state index is 0.169. The zero-order valence-corrected chi connectivity index (χ0v) is 13.3. The van der Waals surface area contributed by atoms with Gasteiger partial charge in [0.2, 0.25) is 5.91 Å². The van der Waals surface area contributed by atoms with E-state index in [4.69, 9.17) is 0 Å². The lowest BCUT2D eigenvalue weighted by Gasteiger charge is -2.17. The normalized spacial score (nSPS) is 17.8. The Morgan fingerprint density at radius 1 is 1.21 bits per heavy atom. The summed E-state index contributed by atoms with van der Waals surface area (Å²) in [4.78, 5) is 25.9. The largest absolute Gasteiger partial charge is 0.344 e. The van der Waals surface area contributed by atoms with Crippen molar-refractivity contribution in [2.45, 2.75) is 25.6 Å². The molecule has 1 saturated heterocycles.